The van der Waals surface area contributed by atoms with Crippen molar-refractivity contribution in [2.45, 2.75) is 65.5 Å². The van der Waals surface area contributed by atoms with Crippen molar-refractivity contribution >= 4 is 5.97 Å². The van der Waals surface area contributed by atoms with Crippen LogP contribution in [0.25, 0.3) is 0 Å². The van der Waals surface area contributed by atoms with E-state index in [2.05, 4.69) is 18.7 Å². The molecule has 0 bridgehead atoms. The highest BCUT2D eigenvalue weighted by Gasteiger charge is 2.25. The highest BCUT2D eigenvalue weighted by molar-refractivity contribution is 5.70. The molecule has 0 aromatic rings. The van der Waals surface area contributed by atoms with Gasteiger partial charge in [0.2, 0.25) is 0 Å². The van der Waals surface area contributed by atoms with E-state index in [1.807, 2.05) is 20.8 Å². The van der Waals surface area contributed by atoms with Crippen molar-refractivity contribution in [2.75, 3.05) is 13.1 Å². The normalized spacial score (nSPS) is 19.6. The molecular weight excluding hydrogens is 214 g/mol. The van der Waals surface area contributed by atoms with Crippen LogP contribution in [0.1, 0.15) is 53.9 Å². The Morgan fingerprint density at radius 1 is 1.29 bits per heavy atom. The molecule has 0 amide bonds. The smallest absolute Gasteiger partial charge is 0.306 e. The van der Waals surface area contributed by atoms with Gasteiger partial charge in [-0.25, -0.2) is 0 Å². The second-order valence-electron chi connectivity index (χ2n) is 6.36. The first-order valence-electron chi connectivity index (χ1n) is 6.74. The van der Waals surface area contributed by atoms with E-state index in [0.29, 0.717) is 18.4 Å². The van der Waals surface area contributed by atoms with Crippen molar-refractivity contribution in [1.82, 2.24) is 4.90 Å². The molecule has 0 radical (unpaired) electrons. The molecule has 1 fully saturated rings. The molecule has 0 saturated carbocycles. The number of hydrogen-bond donors (Lipinski definition) is 0. The molecule has 1 saturated heterocycles. The SMILES string of the molecule is CC(C)N1CCC(CC(=O)OC(C)(C)C)CC1. The van der Waals surface area contributed by atoms with Crippen LogP contribution >= 0.6 is 0 Å². The van der Waals surface area contributed by atoms with Gasteiger partial charge in [0.15, 0.2) is 0 Å². The molecule has 0 aliphatic carbocycles. The van der Waals surface area contributed by atoms with E-state index in [4.69, 9.17) is 4.74 Å². The number of rotatable bonds is 3. The molecule has 0 aromatic carbocycles. The maximum atomic E-state index is 11.7. The Hall–Kier alpha value is -0.570. The highest BCUT2D eigenvalue weighted by Crippen LogP contribution is 2.23. The molecular formula is C14H27NO2. The molecule has 0 atom stereocenters. The summed E-state index contributed by atoms with van der Waals surface area (Å²) in [6.45, 7) is 12.5. The Bertz CT molecular complexity index is 247. The number of esters is 1. The topological polar surface area (TPSA) is 29.5 Å². The zero-order chi connectivity index (χ0) is 13.1. The lowest BCUT2D eigenvalue weighted by molar-refractivity contribution is -0.156. The number of hydrogen-bond acceptors (Lipinski definition) is 3. The van der Waals surface area contributed by atoms with Crippen LogP contribution in [0.4, 0.5) is 0 Å². The van der Waals surface area contributed by atoms with Crippen molar-refractivity contribution < 1.29 is 9.53 Å². The minimum atomic E-state index is -0.351. The third kappa shape index (κ3) is 5.53. The standard InChI is InChI=1S/C14H27NO2/c1-11(2)15-8-6-12(7-9-15)10-13(16)17-14(3,4)5/h11-12H,6-10H2,1-5H3. The number of ether oxygens (including phenoxy) is 1. The van der Waals surface area contributed by atoms with Crippen molar-refractivity contribution in [1.29, 1.82) is 0 Å². The lowest BCUT2D eigenvalue weighted by Gasteiger charge is -2.34. The predicted molar refractivity (Wildman–Crippen MR) is 69.9 cm³/mol. The van der Waals surface area contributed by atoms with Gasteiger partial charge >= 0.3 is 5.97 Å². The molecule has 17 heavy (non-hydrogen) atoms. The first kappa shape index (κ1) is 14.5. The Morgan fingerprint density at radius 2 is 1.82 bits per heavy atom. The molecule has 3 heteroatoms. The van der Waals surface area contributed by atoms with E-state index in [1.165, 1.54) is 0 Å². The molecule has 0 unspecified atom stereocenters. The summed E-state index contributed by atoms with van der Waals surface area (Å²) in [6.07, 6.45) is 2.83. The van der Waals surface area contributed by atoms with Gasteiger partial charge in [-0.3, -0.25) is 4.79 Å². The van der Waals surface area contributed by atoms with Crippen LogP contribution in [0.5, 0.6) is 0 Å². The first-order chi connectivity index (χ1) is 7.78. The van der Waals surface area contributed by atoms with E-state index in [-0.39, 0.29) is 11.6 Å². The van der Waals surface area contributed by atoms with Crippen LogP contribution in [0.3, 0.4) is 0 Å². The lowest BCUT2D eigenvalue weighted by atomic mass is 9.93. The van der Waals surface area contributed by atoms with Crippen molar-refractivity contribution in [3.05, 3.63) is 0 Å². The van der Waals surface area contributed by atoms with E-state index in [1.54, 1.807) is 0 Å². The van der Waals surface area contributed by atoms with Gasteiger partial charge in [-0.2, -0.15) is 0 Å². The van der Waals surface area contributed by atoms with Crippen molar-refractivity contribution in [3.8, 4) is 0 Å². The Morgan fingerprint density at radius 3 is 2.24 bits per heavy atom. The van der Waals surface area contributed by atoms with Crippen LogP contribution in [0, 0.1) is 5.92 Å². The summed E-state index contributed by atoms with van der Waals surface area (Å²) >= 11 is 0. The quantitative estimate of drug-likeness (QED) is 0.712. The highest BCUT2D eigenvalue weighted by atomic mass is 16.6. The van der Waals surface area contributed by atoms with E-state index < -0.39 is 0 Å². The first-order valence-corrected chi connectivity index (χ1v) is 6.74. The van der Waals surface area contributed by atoms with Gasteiger partial charge in [-0.15, -0.1) is 0 Å². The second-order valence-corrected chi connectivity index (χ2v) is 6.36. The molecule has 0 spiro atoms. The summed E-state index contributed by atoms with van der Waals surface area (Å²) in [7, 11) is 0. The van der Waals surface area contributed by atoms with Gasteiger partial charge < -0.3 is 9.64 Å². The zero-order valence-corrected chi connectivity index (χ0v) is 12.0. The number of nitrogens with zero attached hydrogens (tertiary/aromatic N) is 1. The average Bonchev–Trinajstić information content (AvgIpc) is 2.15. The number of piperidine rings is 1. The molecule has 0 N–H and O–H groups in total. The molecule has 1 aliphatic heterocycles. The third-order valence-electron chi connectivity index (χ3n) is 3.25. The van der Waals surface area contributed by atoms with Crippen LogP contribution in [-0.2, 0) is 9.53 Å². The number of carbonyl (C=O) groups excluding carboxylic acids is 1. The fraction of sp³-hybridized carbons (Fsp3) is 0.929. The van der Waals surface area contributed by atoms with Gasteiger partial charge in [0.25, 0.3) is 0 Å². The maximum absolute atomic E-state index is 11.7. The Labute approximate surface area is 106 Å². The largest absolute Gasteiger partial charge is 0.460 e. The van der Waals surface area contributed by atoms with Gasteiger partial charge in [-0.05, 0) is 66.5 Å². The van der Waals surface area contributed by atoms with Crippen LogP contribution < -0.4 is 0 Å². The summed E-state index contributed by atoms with van der Waals surface area (Å²) in [5.41, 5.74) is -0.351. The minimum Gasteiger partial charge on any atom is -0.460 e. The summed E-state index contributed by atoms with van der Waals surface area (Å²) in [4.78, 5) is 14.2. The third-order valence-corrected chi connectivity index (χ3v) is 3.25. The van der Waals surface area contributed by atoms with Crippen molar-refractivity contribution in [3.63, 3.8) is 0 Å². The summed E-state index contributed by atoms with van der Waals surface area (Å²) < 4.78 is 5.36. The van der Waals surface area contributed by atoms with E-state index in [0.717, 1.165) is 25.9 Å². The van der Waals surface area contributed by atoms with Crippen molar-refractivity contribution in [2.24, 2.45) is 5.92 Å². The van der Waals surface area contributed by atoms with Crippen LogP contribution in [0.2, 0.25) is 0 Å². The minimum absolute atomic E-state index is 0.0412. The number of likely N-dealkylation sites (tertiary alicyclic amines) is 1. The fourth-order valence-electron chi connectivity index (χ4n) is 2.29. The molecule has 1 heterocycles. The average molecular weight is 241 g/mol. The van der Waals surface area contributed by atoms with Gasteiger partial charge in [0, 0.05) is 12.5 Å². The van der Waals surface area contributed by atoms with Gasteiger partial charge in [-0.1, -0.05) is 0 Å². The molecule has 100 valence electrons. The second kappa shape index (κ2) is 5.85. The summed E-state index contributed by atoms with van der Waals surface area (Å²) in [5, 5.41) is 0. The molecule has 0 aromatic heterocycles. The summed E-state index contributed by atoms with van der Waals surface area (Å²) in [5.74, 6) is 0.473. The monoisotopic (exact) mass is 241 g/mol. The Balaban J connectivity index is 2.29. The Kier molecular flexibility index (Phi) is 4.99. The predicted octanol–water partition coefficient (Wildman–Crippen LogP) is 2.84. The maximum Gasteiger partial charge on any atom is 0.306 e. The molecule has 3 nitrogen and oxygen atoms in total. The van der Waals surface area contributed by atoms with Crippen LogP contribution in [0.15, 0.2) is 0 Å². The van der Waals surface area contributed by atoms with Gasteiger partial charge in [0.1, 0.15) is 5.60 Å². The van der Waals surface area contributed by atoms with E-state index in [9.17, 15) is 4.79 Å². The lowest BCUT2D eigenvalue weighted by Crippen LogP contribution is -2.39. The van der Waals surface area contributed by atoms with Gasteiger partial charge in [0.05, 0.1) is 0 Å². The molecule has 1 rings (SSSR count). The summed E-state index contributed by atoms with van der Waals surface area (Å²) in [6, 6.07) is 0.623. The molecule has 1 aliphatic rings. The van der Waals surface area contributed by atoms with E-state index >= 15 is 0 Å². The van der Waals surface area contributed by atoms with Crippen LogP contribution in [-0.4, -0.2) is 35.6 Å². The fourth-order valence-corrected chi connectivity index (χ4v) is 2.29. The number of carbonyl (C=O) groups is 1. The zero-order valence-electron chi connectivity index (χ0n) is 12.0.